The van der Waals surface area contributed by atoms with Crippen LogP contribution < -0.4 is 15.2 Å². The lowest BCUT2D eigenvalue weighted by Crippen LogP contribution is -2.47. The summed E-state index contributed by atoms with van der Waals surface area (Å²) in [5.41, 5.74) is 7.49. The Balaban J connectivity index is 1.67. The molecule has 1 aliphatic carbocycles. The Morgan fingerprint density at radius 3 is 2.84 bits per heavy atom. The topological polar surface area (TPSA) is 47.7 Å². The van der Waals surface area contributed by atoms with Gasteiger partial charge in [0.1, 0.15) is 0 Å². The van der Waals surface area contributed by atoms with Crippen molar-refractivity contribution in [1.29, 1.82) is 0 Å². The van der Waals surface area contributed by atoms with Crippen LogP contribution in [0.5, 0.6) is 11.5 Å². The zero-order valence-electron chi connectivity index (χ0n) is 11.5. The summed E-state index contributed by atoms with van der Waals surface area (Å²) >= 11 is 0. The number of hydrogen-bond donors (Lipinski definition) is 1. The number of fused-ring (bicyclic) bond motifs is 1. The highest BCUT2D eigenvalue weighted by molar-refractivity contribution is 5.44. The summed E-state index contributed by atoms with van der Waals surface area (Å²) in [6.45, 7) is 1.25. The average molecular weight is 262 g/mol. The van der Waals surface area contributed by atoms with Gasteiger partial charge >= 0.3 is 0 Å². The van der Waals surface area contributed by atoms with Gasteiger partial charge in [-0.05, 0) is 37.6 Å². The van der Waals surface area contributed by atoms with E-state index in [0.717, 1.165) is 24.5 Å². The maximum Gasteiger partial charge on any atom is 0.231 e. The molecule has 2 atom stereocenters. The van der Waals surface area contributed by atoms with E-state index in [1.165, 1.54) is 24.8 Å². The smallest absolute Gasteiger partial charge is 0.231 e. The van der Waals surface area contributed by atoms with E-state index in [2.05, 4.69) is 24.1 Å². The van der Waals surface area contributed by atoms with Gasteiger partial charge in [0.05, 0.1) is 0 Å². The van der Waals surface area contributed by atoms with Crippen molar-refractivity contribution in [3.05, 3.63) is 23.8 Å². The Morgan fingerprint density at radius 1 is 1.21 bits per heavy atom. The number of rotatable bonds is 3. The van der Waals surface area contributed by atoms with E-state index in [4.69, 9.17) is 15.2 Å². The van der Waals surface area contributed by atoms with E-state index >= 15 is 0 Å². The highest BCUT2D eigenvalue weighted by Crippen LogP contribution is 2.33. The van der Waals surface area contributed by atoms with Crippen LogP contribution in [0.15, 0.2) is 18.2 Å². The minimum atomic E-state index is 0.313. The zero-order valence-corrected chi connectivity index (χ0v) is 11.5. The second-order valence-corrected chi connectivity index (χ2v) is 5.62. The molecule has 0 amide bonds. The van der Waals surface area contributed by atoms with Crippen LogP contribution in [0.1, 0.15) is 31.2 Å². The molecule has 2 aliphatic rings. The van der Waals surface area contributed by atoms with Crippen molar-refractivity contribution < 1.29 is 9.47 Å². The molecule has 1 fully saturated rings. The molecule has 2 unspecified atom stereocenters. The fourth-order valence-corrected chi connectivity index (χ4v) is 3.13. The van der Waals surface area contributed by atoms with Gasteiger partial charge in [-0.3, -0.25) is 4.90 Å². The maximum absolute atomic E-state index is 6.24. The quantitative estimate of drug-likeness (QED) is 0.906. The van der Waals surface area contributed by atoms with E-state index in [0.29, 0.717) is 18.9 Å². The Labute approximate surface area is 114 Å². The largest absolute Gasteiger partial charge is 0.454 e. The monoisotopic (exact) mass is 262 g/mol. The highest BCUT2D eigenvalue weighted by Gasteiger charge is 2.25. The van der Waals surface area contributed by atoms with Crippen LogP contribution >= 0.6 is 0 Å². The minimum Gasteiger partial charge on any atom is -0.454 e. The lowest BCUT2D eigenvalue weighted by molar-refractivity contribution is 0.162. The number of ether oxygens (including phenoxy) is 2. The Morgan fingerprint density at radius 2 is 2.00 bits per heavy atom. The summed E-state index contributed by atoms with van der Waals surface area (Å²) in [6, 6.07) is 6.99. The second kappa shape index (κ2) is 5.39. The van der Waals surface area contributed by atoms with E-state index < -0.39 is 0 Å². The first-order valence-corrected chi connectivity index (χ1v) is 7.08. The molecular formula is C15H22N2O2. The van der Waals surface area contributed by atoms with Crippen molar-refractivity contribution in [3.63, 3.8) is 0 Å². The Bertz CT molecular complexity index is 450. The Kier molecular flexibility index (Phi) is 3.62. The van der Waals surface area contributed by atoms with Gasteiger partial charge in [-0.25, -0.2) is 0 Å². The number of likely N-dealkylation sites (N-methyl/N-ethyl adjacent to an activating group) is 1. The maximum atomic E-state index is 6.24. The predicted octanol–water partition coefficient (Wildman–Crippen LogP) is 2.12. The second-order valence-electron chi connectivity index (χ2n) is 5.62. The Hall–Kier alpha value is -1.26. The number of nitrogens with zero attached hydrogens (tertiary/aromatic N) is 1. The molecule has 0 bridgehead atoms. The van der Waals surface area contributed by atoms with Crippen molar-refractivity contribution in [2.75, 3.05) is 13.8 Å². The average Bonchev–Trinajstić information content (AvgIpc) is 2.86. The van der Waals surface area contributed by atoms with Gasteiger partial charge in [0.15, 0.2) is 11.5 Å². The molecule has 1 heterocycles. The van der Waals surface area contributed by atoms with Crippen LogP contribution in [-0.4, -0.2) is 30.8 Å². The normalized spacial score (nSPS) is 25.8. The molecule has 1 aliphatic heterocycles. The van der Waals surface area contributed by atoms with Crippen LogP contribution in [0.4, 0.5) is 0 Å². The third-order valence-electron chi connectivity index (χ3n) is 4.22. The first kappa shape index (κ1) is 12.8. The van der Waals surface area contributed by atoms with Gasteiger partial charge in [0.2, 0.25) is 6.79 Å². The van der Waals surface area contributed by atoms with Crippen LogP contribution in [0.3, 0.4) is 0 Å². The summed E-state index contributed by atoms with van der Waals surface area (Å²) in [7, 11) is 2.17. The van der Waals surface area contributed by atoms with Crippen molar-refractivity contribution in [1.82, 2.24) is 4.90 Å². The van der Waals surface area contributed by atoms with E-state index in [9.17, 15) is 0 Å². The van der Waals surface area contributed by atoms with Crippen molar-refractivity contribution in [2.24, 2.45) is 5.73 Å². The molecule has 2 N–H and O–H groups in total. The number of benzene rings is 1. The third kappa shape index (κ3) is 2.69. The summed E-state index contributed by atoms with van der Waals surface area (Å²) in [5, 5.41) is 0. The van der Waals surface area contributed by atoms with Gasteiger partial charge in [-0.1, -0.05) is 18.9 Å². The fraction of sp³-hybridized carbons (Fsp3) is 0.600. The third-order valence-corrected chi connectivity index (χ3v) is 4.22. The zero-order chi connectivity index (χ0) is 13.2. The molecule has 104 valence electrons. The molecule has 19 heavy (non-hydrogen) atoms. The standard InChI is InChI=1S/C15H22N2O2/c1-17(13-5-3-2-4-12(13)16)9-11-6-7-14-15(8-11)19-10-18-14/h6-8,12-13H,2-5,9-10,16H2,1H3. The number of nitrogens with two attached hydrogens (primary N) is 1. The summed E-state index contributed by atoms with van der Waals surface area (Å²) in [4.78, 5) is 2.38. The van der Waals surface area contributed by atoms with Crippen LogP contribution in [0.25, 0.3) is 0 Å². The molecule has 0 aromatic heterocycles. The van der Waals surface area contributed by atoms with E-state index in [-0.39, 0.29) is 0 Å². The molecule has 1 aromatic rings. The summed E-state index contributed by atoms with van der Waals surface area (Å²) < 4.78 is 10.8. The van der Waals surface area contributed by atoms with Gasteiger partial charge in [0, 0.05) is 18.6 Å². The van der Waals surface area contributed by atoms with Gasteiger partial charge in [-0.2, -0.15) is 0 Å². The molecule has 0 radical (unpaired) electrons. The summed E-state index contributed by atoms with van der Waals surface area (Å²) in [5.74, 6) is 1.71. The molecular weight excluding hydrogens is 240 g/mol. The first-order valence-electron chi connectivity index (χ1n) is 7.08. The minimum absolute atomic E-state index is 0.313. The molecule has 1 aromatic carbocycles. The van der Waals surface area contributed by atoms with Crippen LogP contribution in [0.2, 0.25) is 0 Å². The van der Waals surface area contributed by atoms with Crippen molar-refractivity contribution in [3.8, 4) is 11.5 Å². The van der Waals surface area contributed by atoms with Crippen molar-refractivity contribution >= 4 is 0 Å². The molecule has 0 spiro atoms. The summed E-state index contributed by atoms with van der Waals surface area (Å²) in [6.07, 6.45) is 4.93. The van der Waals surface area contributed by atoms with Crippen LogP contribution in [-0.2, 0) is 6.54 Å². The molecule has 4 nitrogen and oxygen atoms in total. The van der Waals surface area contributed by atoms with Crippen molar-refractivity contribution in [2.45, 2.75) is 44.3 Å². The highest BCUT2D eigenvalue weighted by atomic mass is 16.7. The van der Waals surface area contributed by atoms with Gasteiger partial charge < -0.3 is 15.2 Å². The van der Waals surface area contributed by atoms with Crippen LogP contribution in [0, 0.1) is 0 Å². The van der Waals surface area contributed by atoms with Gasteiger partial charge in [0.25, 0.3) is 0 Å². The lowest BCUT2D eigenvalue weighted by Gasteiger charge is -2.36. The first-order chi connectivity index (χ1) is 9.24. The predicted molar refractivity (Wildman–Crippen MR) is 74.3 cm³/mol. The van der Waals surface area contributed by atoms with E-state index in [1.807, 2.05) is 6.07 Å². The SMILES string of the molecule is CN(Cc1ccc2c(c1)OCO2)C1CCCCC1N. The molecule has 1 saturated carbocycles. The molecule has 4 heteroatoms. The fourth-order valence-electron chi connectivity index (χ4n) is 3.13. The molecule has 0 saturated heterocycles. The number of hydrogen-bond acceptors (Lipinski definition) is 4. The lowest BCUT2D eigenvalue weighted by atomic mass is 9.90. The van der Waals surface area contributed by atoms with Gasteiger partial charge in [-0.15, -0.1) is 0 Å². The molecule has 3 rings (SSSR count). The van der Waals surface area contributed by atoms with E-state index in [1.54, 1.807) is 0 Å².